The summed E-state index contributed by atoms with van der Waals surface area (Å²) in [5.41, 5.74) is 1.48. The Morgan fingerprint density at radius 3 is 2.50 bits per heavy atom. The molecule has 8 nitrogen and oxygen atoms in total. The fourth-order valence-electron chi connectivity index (χ4n) is 4.88. The number of amides is 1. The molecule has 8 heteroatoms. The first-order chi connectivity index (χ1) is 17.3. The number of carbonyl (C=O) groups is 1. The van der Waals surface area contributed by atoms with Gasteiger partial charge in [-0.1, -0.05) is 30.3 Å². The van der Waals surface area contributed by atoms with Crippen LogP contribution < -0.4 is 5.32 Å². The first kappa shape index (κ1) is 25.8. The normalized spacial score (nSPS) is 26.4. The van der Waals surface area contributed by atoms with Crippen LogP contribution in [0, 0.1) is 22.7 Å². The van der Waals surface area contributed by atoms with Crippen molar-refractivity contribution in [3.8, 4) is 12.1 Å². The van der Waals surface area contributed by atoms with E-state index in [1.807, 2.05) is 45.0 Å². The van der Waals surface area contributed by atoms with Gasteiger partial charge in [0.15, 0.2) is 11.4 Å². The molecular weight excluding hydrogens is 458 g/mol. The van der Waals surface area contributed by atoms with E-state index >= 15 is 0 Å². The number of fused-ring (bicyclic) bond motifs is 1. The lowest BCUT2D eigenvalue weighted by atomic mass is 9.78. The summed E-state index contributed by atoms with van der Waals surface area (Å²) in [6.45, 7) is 6.39. The minimum Gasteiger partial charge on any atom is -0.371 e. The van der Waals surface area contributed by atoms with Crippen molar-refractivity contribution in [3.63, 3.8) is 0 Å². The van der Waals surface area contributed by atoms with E-state index in [0.29, 0.717) is 29.7 Å². The van der Waals surface area contributed by atoms with E-state index in [1.165, 1.54) is 0 Å². The number of ether oxygens (including phenoxy) is 4. The third kappa shape index (κ3) is 5.59. The molecule has 188 valence electrons. The number of nitriles is 2. The molecule has 4 rings (SSSR count). The maximum Gasteiger partial charge on any atom is 0.252 e. The lowest BCUT2D eigenvalue weighted by Gasteiger charge is -2.43. The molecule has 1 amide bonds. The molecule has 0 radical (unpaired) electrons. The molecule has 1 saturated heterocycles. The van der Waals surface area contributed by atoms with Crippen LogP contribution in [0.4, 0.5) is 0 Å². The van der Waals surface area contributed by atoms with Crippen LogP contribution in [0.5, 0.6) is 0 Å². The second-order valence-electron chi connectivity index (χ2n) is 9.62. The maximum absolute atomic E-state index is 13.5. The Labute approximate surface area is 211 Å². The van der Waals surface area contributed by atoms with Crippen LogP contribution >= 0.6 is 0 Å². The molecule has 1 heterocycles. The molecular formula is C28H31N3O5. The molecule has 1 unspecified atom stereocenters. The zero-order chi connectivity index (χ0) is 25.8. The quantitative estimate of drug-likeness (QED) is 0.601. The van der Waals surface area contributed by atoms with Gasteiger partial charge in [-0.15, -0.1) is 0 Å². The average molecular weight is 490 g/mol. The van der Waals surface area contributed by atoms with E-state index in [1.54, 1.807) is 24.3 Å². The van der Waals surface area contributed by atoms with Crippen LogP contribution in [0.25, 0.3) is 0 Å². The van der Waals surface area contributed by atoms with Crippen LogP contribution in [0.1, 0.15) is 55.9 Å². The third-order valence-corrected chi connectivity index (χ3v) is 6.59. The highest BCUT2D eigenvalue weighted by Crippen LogP contribution is 2.44. The molecule has 0 bridgehead atoms. The lowest BCUT2D eigenvalue weighted by Crippen LogP contribution is -2.60. The van der Waals surface area contributed by atoms with Crippen molar-refractivity contribution < 1.29 is 23.7 Å². The summed E-state index contributed by atoms with van der Waals surface area (Å²) in [5, 5.41) is 21.5. The molecule has 1 aliphatic heterocycles. The maximum atomic E-state index is 13.5. The Kier molecular flexibility index (Phi) is 7.73. The third-order valence-electron chi connectivity index (χ3n) is 6.59. The number of likely N-dealkylation sites (N-methyl/N-ethyl adjacent to an activating group) is 1. The Balaban J connectivity index is 1.60. The molecule has 2 aromatic rings. The predicted octanol–water partition coefficient (Wildman–Crippen LogP) is 3.72. The van der Waals surface area contributed by atoms with Crippen molar-refractivity contribution in [2.24, 2.45) is 0 Å². The highest BCUT2D eigenvalue weighted by atomic mass is 16.8. The number of benzene rings is 2. The van der Waals surface area contributed by atoms with Crippen LogP contribution in [0.3, 0.4) is 0 Å². The Morgan fingerprint density at radius 1 is 1.06 bits per heavy atom. The van der Waals surface area contributed by atoms with Gasteiger partial charge in [0.05, 0.1) is 48.7 Å². The second kappa shape index (κ2) is 10.8. The van der Waals surface area contributed by atoms with Crippen LogP contribution in [-0.4, -0.2) is 42.2 Å². The van der Waals surface area contributed by atoms with Crippen molar-refractivity contribution in [3.05, 3.63) is 70.8 Å². The van der Waals surface area contributed by atoms with Crippen LogP contribution in [0.2, 0.25) is 0 Å². The van der Waals surface area contributed by atoms with Crippen LogP contribution in [-0.2, 0) is 37.0 Å². The summed E-state index contributed by atoms with van der Waals surface area (Å²) in [4.78, 5) is 13.5. The molecule has 4 atom stereocenters. The molecule has 36 heavy (non-hydrogen) atoms. The molecule has 0 spiro atoms. The highest BCUT2D eigenvalue weighted by molar-refractivity contribution is 5.85. The molecule has 1 saturated carbocycles. The van der Waals surface area contributed by atoms with Gasteiger partial charge < -0.3 is 24.3 Å². The van der Waals surface area contributed by atoms with Gasteiger partial charge in [-0.25, -0.2) is 0 Å². The predicted molar refractivity (Wildman–Crippen MR) is 130 cm³/mol. The van der Waals surface area contributed by atoms with E-state index in [0.717, 1.165) is 5.56 Å². The number of hydrogen-bond acceptors (Lipinski definition) is 7. The molecule has 1 aliphatic carbocycles. The van der Waals surface area contributed by atoms with Gasteiger partial charge in [-0.2, -0.15) is 10.5 Å². The smallest absolute Gasteiger partial charge is 0.252 e. The Morgan fingerprint density at radius 2 is 1.81 bits per heavy atom. The second-order valence-corrected chi connectivity index (χ2v) is 9.62. The molecule has 2 fully saturated rings. The van der Waals surface area contributed by atoms with Crippen molar-refractivity contribution >= 4 is 5.91 Å². The minimum atomic E-state index is -1.22. The molecule has 1 N–H and O–H groups in total. The Hall–Kier alpha value is -3.27. The average Bonchev–Trinajstić information content (AvgIpc) is 3.20. The van der Waals surface area contributed by atoms with Gasteiger partial charge >= 0.3 is 0 Å². The van der Waals surface area contributed by atoms with Crippen LogP contribution in [0.15, 0.2) is 48.5 Å². The summed E-state index contributed by atoms with van der Waals surface area (Å²) in [6, 6.07) is 18.7. The number of nitrogens with zero attached hydrogens (tertiary/aromatic N) is 2. The first-order valence-corrected chi connectivity index (χ1v) is 12.2. The summed E-state index contributed by atoms with van der Waals surface area (Å²) in [5.74, 6) is -1.06. The zero-order valence-electron chi connectivity index (χ0n) is 20.8. The Bertz CT molecular complexity index is 1170. The highest BCUT2D eigenvalue weighted by Gasteiger charge is 2.58. The number of nitrogens with one attached hydrogen (secondary N) is 1. The number of carbonyl (C=O) groups excluding carboxylic acids is 1. The van der Waals surface area contributed by atoms with E-state index in [2.05, 4.69) is 17.5 Å². The summed E-state index contributed by atoms with van der Waals surface area (Å²) in [6.07, 6.45) is -0.678. The minimum absolute atomic E-state index is 0.102. The largest absolute Gasteiger partial charge is 0.371 e. The molecule has 2 aliphatic rings. The zero-order valence-corrected chi connectivity index (χ0v) is 20.8. The van der Waals surface area contributed by atoms with E-state index in [-0.39, 0.29) is 31.6 Å². The molecule has 0 aromatic heterocycles. The summed E-state index contributed by atoms with van der Waals surface area (Å²) >= 11 is 0. The van der Waals surface area contributed by atoms with Crippen molar-refractivity contribution in [2.75, 3.05) is 6.54 Å². The molecule has 2 aromatic carbocycles. The van der Waals surface area contributed by atoms with Gasteiger partial charge in [0, 0.05) is 19.4 Å². The van der Waals surface area contributed by atoms with E-state index < -0.39 is 23.6 Å². The fourth-order valence-corrected chi connectivity index (χ4v) is 4.88. The van der Waals surface area contributed by atoms with Crippen molar-refractivity contribution in [1.82, 2.24) is 5.32 Å². The van der Waals surface area contributed by atoms with Crippen molar-refractivity contribution in [2.45, 2.75) is 76.5 Å². The van der Waals surface area contributed by atoms with E-state index in [9.17, 15) is 10.1 Å². The first-order valence-electron chi connectivity index (χ1n) is 12.2. The number of rotatable bonds is 8. The topological polar surface area (TPSA) is 114 Å². The van der Waals surface area contributed by atoms with E-state index in [4.69, 9.17) is 24.2 Å². The SMILES string of the molecule is CCNC(=O)[C@@]1(OCc2ccccc2C#N)CC(OCc2ccc(C#N)cc2)[C@@H]2OC(C)(C)O[C@@H]2C1. The monoisotopic (exact) mass is 489 g/mol. The van der Waals surface area contributed by atoms with Gasteiger partial charge in [-0.3, -0.25) is 4.79 Å². The number of hydrogen-bond donors (Lipinski definition) is 1. The summed E-state index contributed by atoms with van der Waals surface area (Å²) < 4.78 is 25.1. The van der Waals surface area contributed by atoms with Gasteiger partial charge in [0.1, 0.15) is 6.10 Å². The lowest BCUT2D eigenvalue weighted by molar-refractivity contribution is -0.183. The van der Waals surface area contributed by atoms with Gasteiger partial charge in [0.2, 0.25) is 0 Å². The fraction of sp³-hybridized carbons (Fsp3) is 0.464. The van der Waals surface area contributed by atoms with Crippen molar-refractivity contribution in [1.29, 1.82) is 10.5 Å². The summed E-state index contributed by atoms with van der Waals surface area (Å²) in [7, 11) is 0. The standard InChI is InChI=1S/C28H31N3O5/c1-4-31-26(32)28(34-18-22-8-6-5-7-21(22)16-30)13-23(25-24(14-28)35-27(2,3)36-25)33-17-20-11-9-19(15-29)10-12-20/h5-12,23-25H,4,13-14,17-18H2,1-3H3,(H,31,32)/t23?,24-,25+,28-/m1/s1. The van der Waals surface area contributed by atoms with Gasteiger partial charge in [-0.05, 0) is 50.1 Å². The van der Waals surface area contributed by atoms with Gasteiger partial charge in [0.25, 0.3) is 5.91 Å².